The lowest BCUT2D eigenvalue weighted by atomic mass is 10.2. The van der Waals surface area contributed by atoms with Crippen LogP contribution in [0.1, 0.15) is 10.4 Å². The molecule has 0 atom stereocenters. The lowest BCUT2D eigenvalue weighted by Crippen LogP contribution is -2.12. The number of nitrogens with zero attached hydrogens (tertiary/aromatic N) is 2. The third kappa shape index (κ3) is 2.34. The number of hydrogen-bond acceptors (Lipinski definition) is 3. The highest BCUT2D eigenvalue weighted by Gasteiger charge is 2.09. The summed E-state index contributed by atoms with van der Waals surface area (Å²) in [5.74, 6) is -0.0790. The van der Waals surface area contributed by atoms with Crippen molar-refractivity contribution < 1.29 is 4.79 Å². The summed E-state index contributed by atoms with van der Waals surface area (Å²) in [5.41, 5.74) is 12.0. The van der Waals surface area contributed by atoms with Crippen molar-refractivity contribution in [3.63, 3.8) is 0 Å². The average Bonchev–Trinajstić information content (AvgIpc) is 2.58. The van der Waals surface area contributed by atoms with E-state index in [1.165, 1.54) is 0 Å². The second-order valence-corrected chi connectivity index (χ2v) is 5.04. The van der Waals surface area contributed by atoms with E-state index in [9.17, 15) is 4.79 Å². The van der Waals surface area contributed by atoms with Gasteiger partial charge >= 0.3 is 0 Å². The first kappa shape index (κ1) is 12.1. The zero-order valence-corrected chi connectivity index (χ0v) is 11.7. The lowest BCUT2D eigenvalue weighted by molar-refractivity contribution is 0.0999. The number of nitrogens with two attached hydrogens (primary N) is 2. The Morgan fingerprint density at radius 1 is 1.29 bits per heavy atom. The molecule has 0 saturated heterocycles. The van der Waals surface area contributed by atoms with Gasteiger partial charge in [-0.15, -0.1) is 5.10 Å². The maximum Gasteiger partial charge on any atom is 0.249 e. The molecular formula is C10H8Br2N4O. The largest absolute Gasteiger partial charge is 0.381 e. The summed E-state index contributed by atoms with van der Waals surface area (Å²) >= 11 is 6.56. The zero-order chi connectivity index (χ0) is 12.6. The number of rotatable bonds is 2. The number of primary amides is 1. The van der Waals surface area contributed by atoms with Crippen LogP contribution in [0, 0.1) is 0 Å². The molecule has 1 aromatic heterocycles. The van der Waals surface area contributed by atoms with Crippen LogP contribution >= 0.6 is 31.9 Å². The van der Waals surface area contributed by atoms with Gasteiger partial charge in [-0.1, -0.05) is 0 Å². The van der Waals surface area contributed by atoms with Crippen LogP contribution in [0.2, 0.25) is 0 Å². The fourth-order valence-corrected chi connectivity index (χ4v) is 2.18. The first-order chi connectivity index (χ1) is 7.99. The molecule has 1 heterocycles. The molecule has 0 unspecified atom stereocenters. The number of nitrogen functional groups attached to an aromatic ring is 1. The average molecular weight is 360 g/mol. The van der Waals surface area contributed by atoms with E-state index in [2.05, 4.69) is 37.0 Å². The van der Waals surface area contributed by atoms with Gasteiger partial charge in [0.15, 0.2) is 5.82 Å². The Hall–Kier alpha value is -1.34. The Balaban J connectivity index is 2.47. The van der Waals surface area contributed by atoms with Crippen LogP contribution in [0.3, 0.4) is 0 Å². The van der Waals surface area contributed by atoms with E-state index < -0.39 is 5.91 Å². The van der Waals surface area contributed by atoms with Gasteiger partial charge < -0.3 is 11.5 Å². The van der Waals surface area contributed by atoms with Crippen LogP contribution in [0.5, 0.6) is 0 Å². The molecule has 17 heavy (non-hydrogen) atoms. The van der Waals surface area contributed by atoms with Crippen LogP contribution in [0.25, 0.3) is 5.69 Å². The van der Waals surface area contributed by atoms with Crippen LogP contribution in [0.4, 0.5) is 5.82 Å². The topological polar surface area (TPSA) is 86.9 Å². The third-order valence-corrected chi connectivity index (χ3v) is 3.45. The summed E-state index contributed by atoms with van der Waals surface area (Å²) in [7, 11) is 0. The van der Waals surface area contributed by atoms with Crippen molar-refractivity contribution in [3.05, 3.63) is 38.9 Å². The summed E-state index contributed by atoms with van der Waals surface area (Å²) in [6, 6.07) is 5.12. The summed E-state index contributed by atoms with van der Waals surface area (Å²) in [5, 5.41) is 4.11. The Kier molecular flexibility index (Phi) is 3.21. The normalized spacial score (nSPS) is 10.5. The van der Waals surface area contributed by atoms with Crippen molar-refractivity contribution in [1.82, 2.24) is 9.78 Å². The molecule has 4 N–H and O–H groups in total. The summed E-state index contributed by atoms with van der Waals surface area (Å²) in [6.45, 7) is 0. The van der Waals surface area contributed by atoms with Gasteiger partial charge in [-0.2, -0.15) is 0 Å². The summed E-state index contributed by atoms with van der Waals surface area (Å²) in [4.78, 5) is 11.1. The zero-order valence-electron chi connectivity index (χ0n) is 8.52. The lowest BCUT2D eigenvalue weighted by Gasteiger charge is -2.04. The molecule has 0 bridgehead atoms. The monoisotopic (exact) mass is 358 g/mol. The van der Waals surface area contributed by atoms with Crippen molar-refractivity contribution in [3.8, 4) is 5.69 Å². The maximum atomic E-state index is 11.1. The highest BCUT2D eigenvalue weighted by Crippen LogP contribution is 2.23. The van der Waals surface area contributed by atoms with Crippen molar-refractivity contribution in [1.29, 1.82) is 0 Å². The number of carbonyl (C=O) groups is 1. The molecule has 2 aromatic rings. The highest BCUT2D eigenvalue weighted by atomic mass is 79.9. The van der Waals surface area contributed by atoms with Crippen LogP contribution in [-0.2, 0) is 0 Å². The smallest absolute Gasteiger partial charge is 0.249 e. The first-order valence-corrected chi connectivity index (χ1v) is 6.18. The standard InChI is InChI=1S/C10H8Br2N4O/c11-7-3-5(1-2-6(7)10(14)17)16-4-8(12)9(13)15-16/h1-4H,(H2,13,15)(H2,14,17). The van der Waals surface area contributed by atoms with Gasteiger partial charge in [-0.25, -0.2) is 4.68 Å². The Morgan fingerprint density at radius 2 is 2.00 bits per heavy atom. The van der Waals surface area contributed by atoms with Crippen LogP contribution in [0.15, 0.2) is 33.3 Å². The van der Waals surface area contributed by atoms with Gasteiger partial charge in [0, 0.05) is 10.7 Å². The summed E-state index contributed by atoms with van der Waals surface area (Å²) in [6.07, 6.45) is 1.74. The SMILES string of the molecule is NC(=O)c1ccc(-n2cc(Br)c(N)n2)cc1Br. The van der Waals surface area contributed by atoms with Gasteiger partial charge in [-0.3, -0.25) is 4.79 Å². The van der Waals surface area contributed by atoms with E-state index in [4.69, 9.17) is 11.5 Å². The fourth-order valence-electron chi connectivity index (χ4n) is 1.34. The fraction of sp³-hybridized carbons (Fsp3) is 0. The molecule has 1 aromatic carbocycles. The summed E-state index contributed by atoms with van der Waals surface area (Å²) < 4.78 is 2.94. The predicted octanol–water partition coefficient (Wildman–Crippen LogP) is 2.08. The number of halogens is 2. The molecule has 1 amide bonds. The van der Waals surface area contributed by atoms with Crippen molar-refractivity contribution in [2.45, 2.75) is 0 Å². The van der Waals surface area contributed by atoms with Crippen molar-refractivity contribution in [2.75, 3.05) is 5.73 Å². The van der Waals surface area contributed by atoms with E-state index in [1.807, 2.05) is 0 Å². The molecule has 5 nitrogen and oxygen atoms in total. The van der Waals surface area contributed by atoms with Crippen LogP contribution < -0.4 is 11.5 Å². The van der Waals surface area contributed by atoms with Gasteiger partial charge in [0.25, 0.3) is 0 Å². The van der Waals surface area contributed by atoms with Gasteiger partial charge in [0.1, 0.15) is 0 Å². The number of anilines is 1. The van der Waals surface area contributed by atoms with Gasteiger partial charge in [-0.05, 0) is 50.1 Å². The molecule has 0 aliphatic carbocycles. The number of amides is 1. The highest BCUT2D eigenvalue weighted by molar-refractivity contribution is 9.11. The van der Waals surface area contributed by atoms with Gasteiger partial charge in [0.05, 0.1) is 15.7 Å². The number of carbonyl (C=O) groups excluding carboxylic acids is 1. The van der Waals surface area contributed by atoms with Gasteiger partial charge in [0.2, 0.25) is 5.91 Å². The molecule has 88 valence electrons. The molecule has 7 heteroatoms. The molecule has 0 radical (unpaired) electrons. The Labute approximate surface area is 114 Å². The molecule has 0 aliphatic rings. The number of aromatic nitrogens is 2. The molecule has 2 rings (SSSR count). The third-order valence-electron chi connectivity index (χ3n) is 2.18. The Morgan fingerprint density at radius 3 is 2.47 bits per heavy atom. The first-order valence-electron chi connectivity index (χ1n) is 4.59. The Bertz CT molecular complexity index is 574. The van der Waals surface area contributed by atoms with E-state index in [-0.39, 0.29) is 0 Å². The minimum Gasteiger partial charge on any atom is -0.381 e. The predicted molar refractivity (Wildman–Crippen MR) is 71.9 cm³/mol. The van der Waals surface area contributed by atoms with Crippen LogP contribution in [-0.4, -0.2) is 15.7 Å². The molecule has 0 aliphatic heterocycles. The molecular weight excluding hydrogens is 352 g/mol. The van der Waals surface area contributed by atoms with E-state index >= 15 is 0 Å². The quantitative estimate of drug-likeness (QED) is 0.860. The van der Waals surface area contributed by atoms with E-state index in [0.717, 1.165) is 5.69 Å². The molecule has 0 fully saturated rings. The second-order valence-electron chi connectivity index (χ2n) is 3.34. The minimum atomic E-state index is -0.482. The molecule has 0 spiro atoms. The number of benzene rings is 1. The van der Waals surface area contributed by atoms with E-state index in [0.29, 0.717) is 20.3 Å². The number of hydrogen-bond donors (Lipinski definition) is 2. The van der Waals surface area contributed by atoms with Crippen molar-refractivity contribution >= 4 is 43.6 Å². The second kappa shape index (κ2) is 4.50. The molecule has 0 saturated carbocycles. The van der Waals surface area contributed by atoms with E-state index in [1.54, 1.807) is 29.1 Å². The van der Waals surface area contributed by atoms with Crippen molar-refractivity contribution in [2.24, 2.45) is 5.73 Å². The minimum absolute atomic E-state index is 0.403. The maximum absolute atomic E-state index is 11.1.